The predicted molar refractivity (Wildman–Crippen MR) is 94.3 cm³/mol. The molecule has 0 radical (unpaired) electrons. The molecular weight excluding hydrogens is 405 g/mol. The summed E-state index contributed by atoms with van der Waals surface area (Å²) < 4.78 is 5.70. The van der Waals surface area contributed by atoms with Gasteiger partial charge in [-0.05, 0) is 58.7 Å². The number of benzene rings is 2. The molecule has 2 rings (SSSR count). The molecule has 0 aliphatic rings. The van der Waals surface area contributed by atoms with Gasteiger partial charge in [-0.2, -0.15) is 0 Å². The second-order valence-electron chi connectivity index (χ2n) is 4.72. The highest BCUT2D eigenvalue weighted by molar-refractivity contribution is 9.10. The molecule has 0 aliphatic carbocycles. The highest BCUT2D eigenvalue weighted by Gasteiger charge is 2.12. The number of amides is 1. The molecule has 0 atom stereocenters. The third kappa shape index (κ3) is 4.96. The van der Waals surface area contributed by atoms with E-state index in [4.69, 9.17) is 27.9 Å². The largest absolute Gasteiger partial charge is 0.452 e. The van der Waals surface area contributed by atoms with Crippen molar-refractivity contribution >= 4 is 56.7 Å². The maximum absolute atomic E-state index is 11.9. The summed E-state index contributed by atoms with van der Waals surface area (Å²) in [5.74, 6) is -1.07. The fourth-order valence-corrected chi connectivity index (χ4v) is 2.61. The van der Waals surface area contributed by atoms with Crippen LogP contribution in [0.3, 0.4) is 0 Å². The van der Waals surface area contributed by atoms with E-state index in [2.05, 4.69) is 21.2 Å². The normalized spacial score (nSPS) is 10.3. The maximum Gasteiger partial charge on any atom is 0.338 e. The van der Waals surface area contributed by atoms with Crippen molar-refractivity contribution in [2.75, 3.05) is 11.9 Å². The Hall–Kier alpha value is -1.56. The van der Waals surface area contributed by atoms with Crippen LogP contribution in [0.15, 0.2) is 40.9 Å². The molecule has 2 aromatic carbocycles. The van der Waals surface area contributed by atoms with Crippen molar-refractivity contribution in [1.82, 2.24) is 0 Å². The van der Waals surface area contributed by atoms with Gasteiger partial charge in [-0.1, -0.05) is 29.3 Å². The molecule has 4 nitrogen and oxygen atoms in total. The second kappa shape index (κ2) is 7.81. The van der Waals surface area contributed by atoms with Crippen molar-refractivity contribution in [3.8, 4) is 0 Å². The van der Waals surface area contributed by atoms with E-state index in [9.17, 15) is 9.59 Å². The Morgan fingerprint density at radius 1 is 1.22 bits per heavy atom. The summed E-state index contributed by atoms with van der Waals surface area (Å²) >= 11 is 15.1. The minimum absolute atomic E-state index is 0.285. The molecule has 0 bridgehead atoms. The van der Waals surface area contributed by atoms with Crippen LogP contribution < -0.4 is 5.32 Å². The number of nitrogens with one attached hydrogen (secondary N) is 1. The van der Waals surface area contributed by atoms with Gasteiger partial charge in [0.25, 0.3) is 5.91 Å². The first-order valence-corrected chi connectivity index (χ1v) is 8.10. The van der Waals surface area contributed by atoms with Gasteiger partial charge in [-0.15, -0.1) is 0 Å². The number of carbonyl (C=O) groups excluding carboxylic acids is 2. The van der Waals surface area contributed by atoms with Crippen LogP contribution in [-0.4, -0.2) is 18.5 Å². The van der Waals surface area contributed by atoms with Crippen LogP contribution in [0.1, 0.15) is 15.9 Å². The summed E-state index contributed by atoms with van der Waals surface area (Å²) in [5.41, 5.74) is 1.67. The van der Waals surface area contributed by atoms with Crippen LogP contribution in [0.25, 0.3) is 0 Å². The zero-order valence-corrected chi connectivity index (χ0v) is 15.1. The SMILES string of the molecule is Cc1cc(Br)c(Cl)cc1NC(=O)COC(=O)c1cccc(Cl)c1. The Morgan fingerprint density at radius 3 is 2.65 bits per heavy atom. The van der Waals surface area contributed by atoms with Gasteiger partial charge in [0, 0.05) is 15.2 Å². The number of esters is 1. The average Bonchev–Trinajstić information content (AvgIpc) is 2.50. The van der Waals surface area contributed by atoms with E-state index < -0.39 is 18.5 Å². The van der Waals surface area contributed by atoms with Crippen molar-refractivity contribution < 1.29 is 14.3 Å². The third-order valence-electron chi connectivity index (χ3n) is 2.94. The van der Waals surface area contributed by atoms with E-state index in [-0.39, 0.29) is 5.56 Å². The van der Waals surface area contributed by atoms with Gasteiger partial charge in [0.2, 0.25) is 0 Å². The Bertz CT molecular complexity index is 765. The molecule has 0 saturated carbocycles. The molecule has 0 saturated heterocycles. The number of aryl methyl sites for hydroxylation is 1. The Balaban J connectivity index is 1.95. The molecule has 120 valence electrons. The van der Waals surface area contributed by atoms with Crippen molar-refractivity contribution in [3.63, 3.8) is 0 Å². The summed E-state index contributed by atoms with van der Waals surface area (Å²) in [6.45, 7) is 1.42. The second-order valence-corrected chi connectivity index (χ2v) is 6.41. The first kappa shape index (κ1) is 17.8. The molecule has 0 fully saturated rings. The number of rotatable bonds is 4. The van der Waals surface area contributed by atoms with Gasteiger partial charge in [-0.3, -0.25) is 4.79 Å². The lowest BCUT2D eigenvalue weighted by Gasteiger charge is -2.10. The lowest BCUT2D eigenvalue weighted by atomic mass is 10.2. The molecule has 7 heteroatoms. The van der Waals surface area contributed by atoms with Crippen LogP contribution in [0.4, 0.5) is 5.69 Å². The fourth-order valence-electron chi connectivity index (χ4n) is 1.80. The van der Waals surface area contributed by atoms with Crippen molar-refractivity contribution in [1.29, 1.82) is 0 Å². The van der Waals surface area contributed by atoms with Gasteiger partial charge in [0.05, 0.1) is 10.6 Å². The monoisotopic (exact) mass is 415 g/mol. The molecule has 0 unspecified atom stereocenters. The van der Waals surface area contributed by atoms with E-state index in [0.29, 0.717) is 15.7 Å². The molecule has 0 heterocycles. The molecule has 0 aromatic heterocycles. The van der Waals surface area contributed by atoms with E-state index in [0.717, 1.165) is 10.0 Å². The van der Waals surface area contributed by atoms with Crippen molar-refractivity contribution in [3.05, 3.63) is 62.0 Å². The van der Waals surface area contributed by atoms with E-state index in [1.165, 1.54) is 6.07 Å². The van der Waals surface area contributed by atoms with Crippen LogP contribution in [0.2, 0.25) is 10.0 Å². The fraction of sp³-hybridized carbons (Fsp3) is 0.125. The van der Waals surface area contributed by atoms with Crippen LogP contribution in [0.5, 0.6) is 0 Å². The summed E-state index contributed by atoms with van der Waals surface area (Å²) in [5, 5.41) is 3.54. The highest BCUT2D eigenvalue weighted by Crippen LogP contribution is 2.28. The number of anilines is 1. The van der Waals surface area contributed by atoms with Crippen LogP contribution >= 0.6 is 39.1 Å². The minimum atomic E-state index is -0.617. The standard InChI is InChI=1S/C16H12BrCl2NO3/c1-9-5-12(17)13(19)7-14(9)20-15(21)8-23-16(22)10-3-2-4-11(18)6-10/h2-7H,8H2,1H3,(H,20,21). The van der Waals surface area contributed by atoms with E-state index >= 15 is 0 Å². The Kier molecular flexibility index (Phi) is 6.04. The van der Waals surface area contributed by atoms with E-state index in [1.54, 1.807) is 30.3 Å². The molecule has 0 spiro atoms. The van der Waals surface area contributed by atoms with Crippen molar-refractivity contribution in [2.24, 2.45) is 0 Å². The summed E-state index contributed by atoms with van der Waals surface area (Å²) in [4.78, 5) is 23.7. The number of hydrogen-bond donors (Lipinski definition) is 1. The van der Waals surface area contributed by atoms with Gasteiger partial charge in [-0.25, -0.2) is 4.79 Å². The lowest BCUT2D eigenvalue weighted by molar-refractivity contribution is -0.119. The van der Waals surface area contributed by atoms with Crippen LogP contribution in [-0.2, 0) is 9.53 Å². The first-order chi connectivity index (χ1) is 10.9. The third-order valence-corrected chi connectivity index (χ3v) is 4.37. The maximum atomic E-state index is 11.9. The minimum Gasteiger partial charge on any atom is -0.452 e. The Morgan fingerprint density at radius 2 is 1.96 bits per heavy atom. The van der Waals surface area contributed by atoms with E-state index in [1.807, 2.05) is 6.92 Å². The molecule has 23 heavy (non-hydrogen) atoms. The van der Waals surface area contributed by atoms with Gasteiger partial charge in [0.1, 0.15) is 0 Å². The van der Waals surface area contributed by atoms with Gasteiger partial charge < -0.3 is 10.1 Å². The Labute approximate surface area is 151 Å². The molecule has 1 N–H and O–H groups in total. The summed E-state index contributed by atoms with van der Waals surface area (Å²) in [7, 11) is 0. The number of hydrogen-bond acceptors (Lipinski definition) is 3. The summed E-state index contributed by atoms with van der Waals surface area (Å²) in [6.07, 6.45) is 0. The zero-order valence-electron chi connectivity index (χ0n) is 12.0. The zero-order chi connectivity index (χ0) is 17.0. The van der Waals surface area contributed by atoms with Gasteiger partial charge >= 0.3 is 5.97 Å². The van der Waals surface area contributed by atoms with Gasteiger partial charge in [0.15, 0.2) is 6.61 Å². The molecule has 2 aromatic rings. The quantitative estimate of drug-likeness (QED) is 0.724. The smallest absolute Gasteiger partial charge is 0.338 e. The number of halogens is 3. The summed E-state index contributed by atoms with van der Waals surface area (Å²) in [6, 6.07) is 9.72. The molecule has 1 amide bonds. The first-order valence-electron chi connectivity index (χ1n) is 6.55. The average molecular weight is 417 g/mol. The lowest BCUT2D eigenvalue weighted by Crippen LogP contribution is -2.21. The highest BCUT2D eigenvalue weighted by atomic mass is 79.9. The van der Waals surface area contributed by atoms with Crippen molar-refractivity contribution in [2.45, 2.75) is 6.92 Å². The topological polar surface area (TPSA) is 55.4 Å². The van der Waals surface area contributed by atoms with Crippen LogP contribution in [0, 0.1) is 6.92 Å². The molecular formula is C16H12BrCl2NO3. The number of ether oxygens (including phenoxy) is 1. The predicted octanol–water partition coefficient (Wildman–Crippen LogP) is 4.86. The molecule has 0 aliphatic heterocycles. The number of carbonyl (C=O) groups is 2.